The standard InChI is InChI=1S/C13H10Br2NO/c14-11-6-4-10(5-7-11)12(17)9-16-8-2-1-3-13(16)15/h1-8H,9H2/q+1. The highest BCUT2D eigenvalue weighted by atomic mass is 79.9. The van der Waals surface area contributed by atoms with Gasteiger partial charge in [-0.25, -0.2) is 0 Å². The van der Waals surface area contributed by atoms with Gasteiger partial charge in [-0.05, 0) is 18.2 Å². The topological polar surface area (TPSA) is 20.9 Å². The predicted octanol–water partition coefficient (Wildman–Crippen LogP) is 3.38. The lowest BCUT2D eigenvalue weighted by atomic mass is 10.1. The van der Waals surface area contributed by atoms with E-state index >= 15 is 0 Å². The van der Waals surface area contributed by atoms with E-state index < -0.39 is 0 Å². The van der Waals surface area contributed by atoms with Crippen molar-refractivity contribution >= 4 is 37.6 Å². The monoisotopic (exact) mass is 354 g/mol. The molecule has 4 heteroatoms. The number of aromatic nitrogens is 1. The second kappa shape index (κ2) is 5.56. The Morgan fingerprint density at radius 1 is 1.06 bits per heavy atom. The largest absolute Gasteiger partial charge is 0.287 e. The van der Waals surface area contributed by atoms with Crippen LogP contribution in [-0.4, -0.2) is 5.78 Å². The minimum atomic E-state index is 0.0920. The normalized spacial score (nSPS) is 10.2. The van der Waals surface area contributed by atoms with Crippen LogP contribution in [0, 0.1) is 0 Å². The maximum absolute atomic E-state index is 12.0. The number of ketones is 1. The van der Waals surface area contributed by atoms with Gasteiger partial charge in [-0.3, -0.25) is 4.79 Å². The van der Waals surface area contributed by atoms with Gasteiger partial charge < -0.3 is 0 Å². The molecule has 1 aromatic carbocycles. The Hall–Kier alpha value is -1.00. The number of pyridine rings is 1. The molecule has 0 fully saturated rings. The Morgan fingerprint density at radius 2 is 1.76 bits per heavy atom. The van der Waals surface area contributed by atoms with Gasteiger partial charge >= 0.3 is 0 Å². The lowest BCUT2D eigenvalue weighted by molar-refractivity contribution is -0.694. The number of benzene rings is 1. The second-order valence-corrected chi connectivity index (χ2v) is 5.31. The average Bonchev–Trinajstić information content (AvgIpc) is 2.33. The minimum Gasteiger partial charge on any atom is -0.287 e. The van der Waals surface area contributed by atoms with Gasteiger partial charge in [0, 0.05) is 38.1 Å². The third-order valence-corrected chi connectivity index (χ3v) is 3.61. The summed E-state index contributed by atoms with van der Waals surface area (Å²) >= 11 is 6.76. The van der Waals surface area contributed by atoms with Gasteiger partial charge in [0.1, 0.15) is 0 Å². The third kappa shape index (κ3) is 3.23. The van der Waals surface area contributed by atoms with E-state index in [1.165, 1.54) is 0 Å². The van der Waals surface area contributed by atoms with Gasteiger partial charge in [0.25, 0.3) is 0 Å². The first-order valence-corrected chi connectivity index (χ1v) is 6.68. The third-order valence-electron chi connectivity index (χ3n) is 2.37. The molecule has 1 heterocycles. The Balaban J connectivity index is 2.17. The number of hydrogen-bond donors (Lipinski definition) is 0. The fraction of sp³-hybridized carbons (Fsp3) is 0.0769. The molecule has 0 spiro atoms. The molecule has 2 aromatic rings. The minimum absolute atomic E-state index is 0.0920. The number of carbonyl (C=O) groups is 1. The fourth-order valence-electron chi connectivity index (χ4n) is 1.47. The molecule has 2 rings (SSSR count). The summed E-state index contributed by atoms with van der Waals surface area (Å²) in [5.41, 5.74) is 0.719. The van der Waals surface area contributed by atoms with Crippen molar-refractivity contribution in [1.82, 2.24) is 0 Å². The van der Waals surface area contributed by atoms with E-state index in [4.69, 9.17) is 0 Å². The lowest BCUT2D eigenvalue weighted by Crippen LogP contribution is -2.38. The lowest BCUT2D eigenvalue weighted by Gasteiger charge is -1.99. The first-order valence-electron chi connectivity index (χ1n) is 5.09. The molecule has 0 atom stereocenters. The Labute approximate surface area is 117 Å². The van der Waals surface area contributed by atoms with Crippen molar-refractivity contribution in [2.24, 2.45) is 0 Å². The number of rotatable bonds is 3. The summed E-state index contributed by atoms with van der Waals surface area (Å²) in [4.78, 5) is 12.0. The van der Waals surface area contributed by atoms with E-state index in [0.717, 1.165) is 14.6 Å². The molecule has 0 bridgehead atoms. The molecular formula is C13H10Br2NO+. The van der Waals surface area contributed by atoms with Crippen molar-refractivity contribution < 1.29 is 9.36 Å². The van der Waals surface area contributed by atoms with Crippen molar-refractivity contribution in [1.29, 1.82) is 0 Å². The summed E-state index contributed by atoms with van der Waals surface area (Å²) in [7, 11) is 0. The van der Waals surface area contributed by atoms with Gasteiger partial charge in [-0.15, -0.1) is 0 Å². The first-order chi connectivity index (χ1) is 8.16. The molecule has 1 aromatic heterocycles. The van der Waals surface area contributed by atoms with Crippen LogP contribution in [0.2, 0.25) is 0 Å². The van der Waals surface area contributed by atoms with E-state index in [-0.39, 0.29) is 5.78 Å². The smallest absolute Gasteiger partial charge is 0.248 e. The van der Waals surface area contributed by atoms with Crippen LogP contribution in [0.5, 0.6) is 0 Å². The molecule has 0 radical (unpaired) electrons. The highest BCUT2D eigenvalue weighted by molar-refractivity contribution is 9.10. The molecule has 0 N–H and O–H groups in total. The zero-order chi connectivity index (χ0) is 12.3. The number of hydrogen-bond acceptors (Lipinski definition) is 1. The second-order valence-electron chi connectivity index (χ2n) is 3.58. The molecule has 17 heavy (non-hydrogen) atoms. The SMILES string of the molecule is O=C(C[n+]1ccccc1Br)c1ccc(Br)cc1. The fourth-order valence-corrected chi connectivity index (χ4v) is 2.13. The van der Waals surface area contributed by atoms with Crippen LogP contribution in [0.1, 0.15) is 10.4 Å². The van der Waals surface area contributed by atoms with Gasteiger partial charge in [0.05, 0.1) is 0 Å². The quantitative estimate of drug-likeness (QED) is 0.469. The molecular weight excluding hydrogens is 346 g/mol. The van der Waals surface area contributed by atoms with E-state index in [2.05, 4.69) is 31.9 Å². The summed E-state index contributed by atoms with van der Waals surface area (Å²) in [5.74, 6) is 0.0920. The first kappa shape index (κ1) is 12.5. The van der Waals surface area contributed by atoms with Crippen LogP contribution in [0.4, 0.5) is 0 Å². The van der Waals surface area contributed by atoms with Gasteiger partial charge in [0.2, 0.25) is 16.9 Å². The highest BCUT2D eigenvalue weighted by Gasteiger charge is 2.14. The molecule has 0 aliphatic heterocycles. The van der Waals surface area contributed by atoms with Crippen LogP contribution < -0.4 is 4.57 Å². The van der Waals surface area contributed by atoms with E-state index in [1.807, 2.05) is 53.2 Å². The number of carbonyl (C=O) groups excluding carboxylic acids is 1. The maximum Gasteiger partial charge on any atom is 0.248 e. The summed E-state index contributed by atoms with van der Waals surface area (Å²) < 4.78 is 3.73. The molecule has 0 amide bonds. The molecule has 0 aliphatic rings. The Morgan fingerprint density at radius 3 is 2.41 bits per heavy atom. The van der Waals surface area contributed by atoms with Gasteiger partial charge in [-0.1, -0.05) is 28.1 Å². The van der Waals surface area contributed by atoms with Crippen LogP contribution in [0.25, 0.3) is 0 Å². The maximum atomic E-state index is 12.0. The zero-order valence-corrected chi connectivity index (χ0v) is 12.1. The predicted molar refractivity (Wildman–Crippen MR) is 72.8 cm³/mol. The van der Waals surface area contributed by atoms with Crippen LogP contribution >= 0.6 is 31.9 Å². The highest BCUT2D eigenvalue weighted by Crippen LogP contribution is 2.11. The summed E-state index contributed by atoms with van der Waals surface area (Å²) in [6.07, 6.45) is 1.88. The van der Waals surface area contributed by atoms with Crippen LogP contribution in [0.15, 0.2) is 57.7 Å². The number of halogens is 2. The molecule has 0 unspecified atom stereocenters. The molecule has 2 nitrogen and oxygen atoms in total. The van der Waals surface area contributed by atoms with Crippen molar-refractivity contribution in [3.05, 3.63) is 63.3 Å². The average molecular weight is 356 g/mol. The van der Waals surface area contributed by atoms with Crippen LogP contribution in [0.3, 0.4) is 0 Å². The van der Waals surface area contributed by atoms with Gasteiger partial charge in [0.15, 0.2) is 6.20 Å². The van der Waals surface area contributed by atoms with Crippen molar-refractivity contribution in [2.45, 2.75) is 6.54 Å². The number of Topliss-reactive ketones (excluding diaryl/α,β-unsaturated/α-hetero) is 1. The van der Waals surface area contributed by atoms with Crippen molar-refractivity contribution in [2.75, 3.05) is 0 Å². The Bertz CT molecular complexity index is 537. The molecule has 86 valence electrons. The molecule has 0 saturated heterocycles. The van der Waals surface area contributed by atoms with Crippen LogP contribution in [-0.2, 0) is 6.54 Å². The summed E-state index contributed by atoms with van der Waals surface area (Å²) in [6.45, 7) is 0.336. The van der Waals surface area contributed by atoms with E-state index in [0.29, 0.717) is 6.54 Å². The summed E-state index contributed by atoms with van der Waals surface area (Å²) in [5, 5.41) is 0. The van der Waals surface area contributed by atoms with Crippen molar-refractivity contribution in [3.63, 3.8) is 0 Å². The summed E-state index contributed by atoms with van der Waals surface area (Å²) in [6, 6.07) is 13.1. The van der Waals surface area contributed by atoms with E-state index in [1.54, 1.807) is 0 Å². The Kier molecular flexibility index (Phi) is 4.07. The number of nitrogens with zero attached hydrogens (tertiary/aromatic N) is 1. The van der Waals surface area contributed by atoms with Crippen molar-refractivity contribution in [3.8, 4) is 0 Å². The van der Waals surface area contributed by atoms with Gasteiger partial charge in [-0.2, -0.15) is 4.57 Å². The molecule has 0 saturated carbocycles. The zero-order valence-electron chi connectivity index (χ0n) is 8.94. The van der Waals surface area contributed by atoms with E-state index in [9.17, 15) is 4.79 Å². The molecule has 0 aliphatic carbocycles.